The van der Waals surface area contributed by atoms with Crippen molar-refractivity contribution in [1.82, 2.24) is 0 Å². The van der Waals surface area contributed by atoms with Gasteiger partial charge in [0.2, 0.25) is 0 Å². The fraction of sp³-hybridized carbons (Fsp3) is 0.952. The first kappa shape index (κ1) is 38.4. The maximum atomic E-state index is 6.48. The van der Waals surface area contributed by atoms with Crippen LogP contribution in [0.15, 0.2) is 11.6 Å². The highest BCUT2D eigenvalue weighted by Crippen LogP contribution is 2.67. The summed E-state index contributed by atoms with van der Waals surface area (Å²) in [5.74, 6) is 5.44. The molecule has 3 saturated carbocycles. The number of hydrogen-bond acceptors (Lipinski definition) is 4. The third-order valence-corrected chi connectivity index (χ3v) is 13.6. The largest absolute Gasteiger partial charge is 0.380 e. The predicted octanol–water partition coefficient (Wildman–Crippen LogP) is 10.9. The minimum atomic E-state index is -0.0209. The molecule has 0 aliphatic heterocycles. The van der Waals surface area contributed by atoms with E-state index in [2.05, 4.69) is 47.6 Å². The highest BCUT2D eigenvalue weighted by molar-refractivity contribution is 5.25. The van der Waals surface area contributed by atoms with E-state index in [9.17, 15) is 0 Å². The SMILES string of the molecule is CCCCCCCCOC[C@@H](N)COCCCCO[C@H]1CC[C@@]2(C)C(=CC[C@@H]3[C@@H]2CC[C@]2(C)C([C@H](C)CCCC(C)C)CC[C@@H]32)C1. The molecule has 2 N–H and O–H groups in total. The van der Waals surface area contributed by atoms with Crippen molar-refractivity contribution in [2.75, 3.05) is 33.0 Å². The van der Waals surface area contributed by atoms with Gasteiger partial charge in [0.25, 0.3) is 0 Å². The number of rotatable bonds is 22. The average molecular weight is 644 g/mol. The van der Waals surface area contributed by atoms with Gasteiger partial charge in [0.05, 0.1) is 25.4 Å². The van der Waals surface area contributed by atoms with Crippen molar-refractivity contribution in [2.45, 2.75) is 176 Å². The van der Waals surface area contributed by atoms with E-state index < -0.39 is 0 Å². The lowest BCUT2D eigenvalue weighted by atomic mass is 9.47. The minimum absolute atomic E-state index is 0.0209. The van der Waals surface area contributed by atoms with Crippen LogP contribution in [0.1, 0.15) is 164 Å². The van der Waals surface area contributed by atoms with Crippen molar-refractivity contribution >= 4 is 0 Å². The maximum Gasteiger partial charge on any atom is 0.0640 e. The minimum Gasteiger partial charge on any atom is -0.380 e. The van der Waals surface area contributed by atoms with Crippen molar-refractivity contribution in [2.24, 2.45) is 52.1 Å². The summed E-state index contributed by atoms with van der Waals surface area (Å²) in [7, 11) is 0. The topological polar surface area (TPSA) is 53.7 Å². The molecule has 0 saturated heterocycles. The Bertz CT molecular complexity index is 888. The van der Waals surface area contributed by atoms with Crippen molar-refractivity contribution < 1.29 is 14.2 Å². The van der Waals surface area contributed by atoms with Gasteiger partial charge in [0.15, 0.2) is 0 Å². The van der Waals surface area contributed by atoms with Crippen molar-refractivity contribution in [3.05, 3.63) is 11.6 Å². The Hall–Kier alpha value is -0.420. The highest BCUT2D eigenvalue weighted by Gasteiger charge is 2.59. The molecule has 0 radical (unpaired) electrons. The first-order valence-electron chi connectivity index (χ1n) is 20.4. The zero-order chi connectivity index (χ0) is 33.0. The second kappa shape index (κ2) is 19.1. The van der Waals surface area contributed by atoms with E-state index in [0.29, 0.717) is 30.1 Å². The summed E-state index contributed by atoms with van der Waals surface area (Å²) in [5, 5.41) is 0. The van der Waals surface area contributed by atoms with Crippen LogP contribution in [0, 0.1) is 46.3 Å². The molecule has 268 valence electrons. The quantitative estimate of drug-likeness (QED) is 0.0942. The van der Waals surface area contributed by atoms with E-state index in [4.69, 9.17) is 19.9 Å². The Morgan fingerprint density at radius 3 is 2.22 bits per heavy atom. The Morgan fingerprint density at radius 1 is 0.783 bits per heavy atom. The maximum absolute atomic E-state index is 6.48. The molecule has 9 atom stereocenters. The molecule has 0 aromatic rings. The predicted molar refractivity (Wildman–Crippen MR) is 195 cm³/mol. The average Bonchev–Trinajstić information content (AvgIpc) is 3.39. The van der Waals surface area contributed by atoms with Crippen LogP contribution in [0.4, 0.5) is 0 Å². The molecular formula is C42H77NO3. The number of hydrogen-bond donors (Lipinski definition) is 1. The molecule has 3 fully saturated rings. The van der Waals surface area contributed by atoms with Crippen LogP contribution in [-0.4, -0.2) is 45.2 Å². The number of unbranched alkanes of at least 4 members (excludes halogenated alkanes) is 6. The Kier molecular flexibility index (Phi) is 15.9. The van der Waals surface area contributed by atoms with Gasteiger partial charge in [-0.2, -0.15) is 0 Å². The number of nitrogens with two attached hydrogens (primary N) is 1. The van der Waals surface area contributed by atoms with Crippen LogP contribution in [0.2, 0.25) is 0 Å². The normalized spacial score (nSPS) is 33.7. The van der Waals surface area contributed by atoms with Crippen LogP contribution in [0.5, 0.6) is 0 Å². The molecule has 0 spiro atoms. The standard InChI is InChI=1S/C42H77NO3/c1-7-8-9-10-11-12-26-44-30-35(43)31-45-27-13-14-28-46-36-22-24-41(5)34(29-36)18-19-37-39-21-20-38(33(4)17-15-16-32(2)3)42(39,6)25-23-40(37)41/h18,32-33,35-40H,7-17,19-31,43H2,1-6H3/t33-,35-,36+,37+,38?,39+,40+,41+,42-/m1/s1. The van der Waals surface area contributed by atoms with Gasteiger partial charge in [-0.15, -0.1) is 0 Å². The van der Waals surface area contributed by atoms with Gasteiger partial charge in [-0.1, -0.05) is 105 Å². The van der Waals surface area contributed by atoms with Crippen molar-refractivity contribution in [1.29, 1.82) is 0 Å². The molecule has 4 aliphatic rings. The number of ether oxygens (including phenoxy) is 3. The molecule has 4 nitrogen and oxygen atoms in total. The van der Waals surface area contributed by atoms with Crippen LogP contribution in [0.3, 0.4) is 0 Å². The summed E-state index contributed by atoms with van der Waals surface area (Å²) in [5.41, 5.74) is 8.93. The highest BCUT2D eigenvalue weighted by atomic mass is 16.5. The molecule has 0 aromatic heterocycles. The van der Waals surface area contributed by atoms with Gasteiger partial charge < -0.3 is 19.9 Å². The zero-order valence-corrected chi connectivity index (χ0v) is 31.5. The van der Waals surface area contributed by atoms with E-state index in [1.165, 1.54) is 103 Å². The second-order valence-electron chi connectivity index (χ2n) is 17.4. The summed E-state index contributed by atoms with van der Waals surface area (Å²) in [4.78, 5) is 0. The molecule has 0 bridgehead atoms. The molecule has 0 heterocycles. The van der Waals surface area contributed by atoms with E-state index in [0.717, 1.165) is 74.6 Å². The summed E-state index contributed by atoms with van der Waals surface area (Å²) in [6, 6.07) is -0.0209. The van der Waals surface area contributed by atoms with Gasteiger partial charge >= 0.3 is 0 Å². The summed E-state index contributed by atoms with van der Waals surface area (Å²) < 4.78 is 18.1. The molecule has 4 rings (SSSR count). The van der Waals surface area contributed by atoms with E-state index in [-0.39, 0.29) is 6.04 Å². The van der Waals surface area contributed by atoms with E-state index in [1.54, 1.807) is 5.57 Å². The second-order valence-corrected chi connectivity index (χ2v) is 17.4. The lowest BCUT2D eigenvalue weighted by Crippen LogP contribution is -2.51. The summed E-state index contributed by atoms with van der Waals surface area (Å²) >= 11 is 0. The third-order valence-electron chi connectivity index (χ3n) is 13.6. The summed E-state index contributed by atoms with van der Waals surface area (Å²) in [6.07, 6.45) is 28.2. The fourth-order valence-electron chi connectivity index (χ4n) is 10.9. The van der Waals surface area contributed by atoms with Crippen LogP contribution in [-0.2, 0) is 14.2 Å². The lowest BCUT2D eigenvalue weighted by molar-refractivity contribution is -0.0643. The Morgan fingerprint density at radius 2 is 1.48 bits per heavy atom. The third kappa shape index (κ3) is 10.3. The Labute approximate surface area is 286 Å². The van der Waals surface area contributed by atoms with Gasteiger partial charge in [0.1, 0.15) is 0 Å². The molecule has 46 heavy (non-hydrogen) atoms. The van der Waals surface area contributed by atoms with Gasteiger partial charge in [-0.3, -0.25) is 0 Å². The monoisotopic (exact) mass is 644 g/mol. The molecule has 4 aliphatic carbocycles. The Balaban J connectivity index is 1.10. The number of fused-ring (bicyclic) bond motifs is 5. The van der Waals surface area contributed by atoms with Gasteiger partial charge in [-0.25, -0.2) is 0 Å². The smallest absolute Gasteiger partial charge is 0.0640 e. The van der Waals surface area contributed by atoms with Crippen molar-refractivity contribution in [3.63, 3.8) is 0 Å². The number of allylic oxidation sites excluding steroid dienone is 1. The lowest BCUT2D eigenvalue weighted by Gasteiger charge is -2.58. The van der Waals surface area contributed by atoms with Crippen LogP contribution < -0.4 is 5.73 Å². The van der Waals surface area contributed by atoms with Crippen LogP contribution >= 0.6 is 0 Å². The van der Waals surface area contributed by atoms with Crippen LogP contribution in [0.25, 0.3) is 0 Å². The molecular weight excluding hydrogens is 566 g/mol. The molecule has 0 amide bonds. The first-order valence-corrected chi connectivity index (χ1v) is 20.4. The fourth-order valence-corrected chi connectivity index (χ4v) is 10.9. The van der Waals surface area contributed by atoms with Crippen molar-refractivity contribution in [3.8, 4) is 0 Å². The van der Waals surface area contributed by atoms with E-state index in [1.807, 2.05) is 0 Å². The molecule has 4 heteroatoms. The van der Waals surface area contributed by atoms with Gasteiger partial charge in [0, 0.05) is 19.8 Å². The molecule has 0 aromatic carbocycles. The van der Waals surface area contributed by atoms with E-state index >= 15 is 0 Å². The first-order chi connectivity index (χ1) is 22.2. The summed E-state index contributed by atoms with van der Waals surface area (Å²) in [6.45, 7) is 18.6. The zero-order valence-electron chi connectivity index (χ0n) is 31.5. The molecule has 1 unspecified atom stereocenters. The van der Waals surface area contributed by atoms with Gasteiger partial charge in [-0.05, 0) is 117 Å².